The van der Waals surface area contributed by atoms with Crippen LogP contribution in [0.1, 0.15) is 21.7 Å². The molecule has 0 fully saturated rings. The maximum absolute atomic E-state index is 12.8. The Morgan fingerprint density at radius 2 is 1.73 bits per heavy atom. The Morgan fingerprint density at radius 3 is 2.37 bits per heavy atom. The number of carbonyl (C=O) groups excluding carboxylic acids is 1. The number of rotatable bonds is 7. The van der Waals surface area contributed by atoms with Gasteiger partial charge in [0.2, 0.25) is 5.16 Å². The number of methoxy groups -OCH3 is 2. The van der Waals surface area contributed by atoms with Crippen molar-refractivity contribution < 1.29 is 14.3 Å². The van der Waals surface area contributed by atoms with Crippen molar-refractivity contribution in [3.05, 3.63) is 65.5 Å². The fraction of sp³-hybridized carbons (Fsp3) is 0.200. The van der Waals surface area contributed by atoms with Gasteiger partial charge in [-0.15, -0.1) is 10.2 Å². The third kappa shape index (κ3) is 5.08. The second kappa shape index (κ2) is 10.1. The molecule has 3 aromatic rings. The van der Waals surface area contributed by atoms with E-state index in [0.717, 1.165) is 11.3 Å². The van der Waals surface area contributed by atoms with E-state index in [0.29, 0.717) is 22.5 Å². The Labute approximate surface area is 184 Å². The Bertz CT molecular complexity index is 1020. The van der Waals surface area contributed by atoms with E-state index in [2.05, 4.69) is 20.9 Å². The standard InChI is InChI=1S/C20H21N5O3S2/c1-13-22-23-20(30-12-14-8-5-4-6-9-14)25(13)24-19(29)21-18(26)17-15(27-2)10-7-11-16(17)28-3/h4-11H,12H2,1-3H3,(H2,21,24,26,29). The molecule has 0 unspecified atom stereocenters. The molecule has 0 spiro atoms. The number of nitrogens with zero attached hydrogens (tertiary/aromatic N) is 3. The minimum Gasteiger partial charge on any atom is -0.496 e. The average molecular weight is 444 g/mol. The molecule has 0 saturated heterocycles. The molecule has 0 atom stereocenters. The zero-order chi connectivity index (χ0) is 21.5. The summed E-state index contributed by atoms with van der Waals surface area (Å²) in [6.45, 7) is 1.79. The summed E-state index contributed by atoms with van der Waals surface area (Å²) in [6, 6.07) is 15.1. The van der Waals surface area contributed by atoms with E-state index < -0.39 is 5.91 Å². The molecule has 2 aromatic carbocycles. The van der Waals surface area contributed by atoms with Crippen LogP contribution in [0.2, 0.25) is 0 Å². The van der Waals surface area contributed by atoms with Gasteiger partial charge in [0.15, 0.2) is 5.11 Å². The molecule has 0 aliphatic carbocycles. The van der Waals surface area contributed by atoms with Gasteiger partial charge in [-0.2, -0.15) is 0 Å². The smallest absolute Gasteiger partial charge is 0.265 e. The van der Waals surface area contributed by atoms with E-state index in [1.807, 2.05) is 30.3 Å². The molecule has 0 bridgehead atoms. The van der Waals surface area contributed by atoms with Crippen molar-refractivity contribution in [1.29, 1.82) is 0 Å². The first-order valence-electron chi connectivity index (χ1n) is 8.95. The van der Waals surface area contributed by atoms with E-state index in [9.17, 15) is 4.79 Å². The van der Waals surface area contributed by atoms with Gasteiger partial charge in [-0.3, -0.25) is 15.5 Å². The molecule has 30 heavy (non-hydrogen) atoms. The maximum Gasteiger partial charge on any atom is 0.265 e. The van der Waals surface area contributed by atoms with Crippen molar-refractivity contribution >= 4 is 35.0 Å². The van der Waals surface area contributed by atoms with Crippen LogP contribution in [0, 0.1) is 6.92 Å². The summed E-state index contributed by atoms with van der Waals surface area (Å²) >= 11 is 6.83. The molecule has 0 saturated carbocycles. The van der Waals surface area contributed by atoms with Crippen molar-refractivity contribution in [1.82, 2.24) is 20.2 Å². The van der Waals surface area contributed by atoms with Crippen molar-refractivity contribution in [3.8, 4) is 11.5 Å². The first kappa shape index (κ1) is 21.6. The SMILES string of the molecule is COc1cccc(OC)c1C(=O)NC(=S)Nn1c(C)nnc1SCc1ccccc1. The fourth-order valence-electron chi connectivity index (χ4n) is 2.66. The summed E-state index contributed by atoms with van der Waals surface area (Å²) in [6.07, 6.45) is 0. The van der Waals surface area contributed by atoms with Crippen LogP contribution in [0.15, 0.2) is 53.7 Å². The molecule has 1 heterocycles. The highest BCUT2D eigenvalue weighted by Crippen LogP contribution is 2.28. The lowest BCUT2D eigenvalue weighted by molar-refractivity contribution is 0.0971. The van der Waals surface area contributed by atoms with Crippen LogP contribution in [0.4, 0.5) is 0 Å². The quantitative estimate of drug-likeness (QED) is 0.425. The van der Waals surface area contributed by atoms with Gasteiger partial charge in [0.05, 0.1) is 14.2 Å². The number of carbonyl (C=O) groups is 1. The number of thiocarbonyl (C=S) groups is 1. The number of ether oxygens (including phenoxy) is 2. The van der Waals surface area contributed by atoms with E-state index in [-0.39, 0.29) is 10.7 Å². The van der Waals surface area contributed by atoms with Crippen LogP contribution in [-0.2, 0) is 5.75 Å². The topological polar surface area (TPSA) is 90.3 Å². The van der Waals surface area contributed by atoms with Gasteiger partial charge in [-0.25, -0.2) is 4.68 Å². The minimum absolute atomic E-state index is 0.0948. The second-order valence-corrected chi connectivity index (χ2v) is 7.42. The van der Waals surface area contributed by atoms with Crippen LogP contribution in [0.3, 0.4) is 0 Å². The number of aromatic nitrogens is 3. The number of hydrogen-bond donors (Lipinski definition) is 2. The summed E-state index contributed by atoms with van der Waals surface area (Å²) in [7, 11) is 2.97. The van der Waals surface area contributed by atoms with Gasteiger partial charge >= 0.3 is 0 Å². The number of benzene rings is 2. The number of amides is 1. The lowest BCUT2D eigenvalue weighted by Crippen LogP contribution is -2.38. The number of aryl methyl sites for hydroxylation is 1. The highest BCUT2D eigenvalue weighted by atomic mass is 32.2. The van der Waals surface area contributed by atoms with Crippen LogP contribution in [-0.4, -0.2) is 40.1 Å². The molecule has 0 radical (unpaired) electrons. The maximum atomic E-state index is 12.8. The lowest BCUT2D eigenvalue weighted by atomic mass is 10.1. The van der Waals surface area contributed by atoms with E-state index in [1.54, 1.807) is 29.8 Å². The van der Waals surface area contributed by atoms with Crippen molar-refractivity contribution in [2.24, 2.45) is 0 Å². The third-order valence-electron chi connectivity index (χ3n) is 4.10. The van der Waals surface area contributed by atoms with Gasteiger partial charge in [-0.05, 0) is 36.8 Å². The lowest BCUT2D eigenvalue weighted by Gasteiger charge is -2.15. The number of hydrogen-bond acceptors (Lipinski definition) is 7. The zero-order valence-electron chi connectivity index (χ0n) is 16.7. The van der Waals surface area contributed by atoms with E-state index >= 15 is 0 Å². The molecule has 156 valence electrons. The molecule has 8 nitrogen and oxygen atoms in total. The van der Waals surface area contributed by atoms with Crippen LogP contribution >= 0.6 is 24.0 Å². The first-order valence-corrected chi connectivity index (χ1v) is 10.3. The summed E-state index contributed by atoms with van der Waals surface area (Å²) in [4.78, 5) is 12.8. The molecule has 1 aromatic heterocycles. The first-order chi connectivity index (χ1) is 14.5. The van der Waals surface area contributed by atoms with Gasteiger partial charge < -0.3 is 9.47 Å². The minimum atomic E-state index is -0.453. The highest BCUT2D eigenvalue weighted by Gasteiger charge is 2.20. The van der Waals surface area contributed by atoms with Gasteiger partial charge in [-0.1, -0.05) is 48.2 Å². The van der Waals surface area contributed by atoms with E-state index in [1.165, 1.54) is 26.0 Å². The summed E-state index contributed by atoms with van der Waals surface area (Å²) in [5.74, 6) is 1.64. The molecule has 1 amide bonds. The molecule has 3 rings (SSSR count). The molecule has 10 heteroatoms. The van der Waals surface area contributed by atoms with Crippen LogP contribution in [0.25, 0.3) is 0 Å². The van der Waals surface area contributed by atoms with Crippen molar-refractivity contribution in [2.45, 2.75) is 17.8 Å². The molecule has 0 aliphatic heterocycles. The fourth-order valence-corrected chi connectivity index (χ4v) is 3.73. The summed E-state index contributed by atoms with van der Waals surface area (Å²) in [5, 5.41) is 11.6. The van der Waals surface area contributed by atoms with Gasteiger partial charge in [0, 0.05) is 5.75 Å². The van der Waals surface area contributed by atoms with Gasteiger partial charge in [0.25, 0.3) is 5.91 Å². The number of nitrogens with one attached hydrogen (secondary N) is 2. The van der Waals surface area contributed by atoms with Crippen molar-refractivity contribution in [3.63, 3.8) is 0 Å². The summed E-state index contributed by atoms with van der Waals surface area (Å²) < 4.78 is 12.2. The third-order valence-corrected chi connectivity index (χ3v) is 5.29. The van der Waals surface area contributed by atoms with Crippen molar-refractivity contribution in [2.75, 3.05) is 19.6 Å². The monoisotopic (exact) mass is 443 g/mol. The average Bonchev–Trinajstić information content (AvgIpc) is 3.11. The molecular formula is C20H21N5O3S2. The Kier molecular flexibility index (Phi) is 7.26. The van der Waals surface area contributed by atoms with Gasteiger partial charge in [0.1, 0.15) is 22.9 Å². The largest absolute Gasteiger partial charge is 0.496 e. The number of thioether (sulfide) groups is 1. The predicted octanol–water partition coefficient (Wildman–Crippen LogP) is 3.15. The Balaban J connectivity index is 1.70. The normalized spacial score (nSPS) is 10.4. The Morgan fingerprint density at radius 1 is 1.07 bits per heavy atom. The van der Waals surface area contributed by atoms with E-state index in [4.69, 9.17) is 21.7 Å². The Hall–Kier alpha value is -3.11. The molecule has 2 N–H and O–H groups in total. The molecule has 0 aliphatic rings. The summed E-state index contributed by atoms with van der Waals surface area (Å²) in [5.41, 5.74) is 4.38. The highest BCUT2D eigenvalue weighted by molar-refractivity contribution is 7.98. The van der Waals surface area contributed by atoms with Crippen LogP contribution < -0.4 is 20.2 Å². The molecular weight excluding hydrogens is 422 g/mol. The van der Waals surface area contributed by atoms with Crippen LogP contribution in [0.5, 0.6) is 11.5 Å². The zero-order valence-corrected chi connectivity index (χ0v) is 18.3. The predicted molar refractivity (Wildman–Crippen MR) is 120 cm³/mol. The second-order valence-electron chi connectivity index (χ2n) is 6.07.